The van der Waals surface area contributed by atoms with E-state index >= 15 is 0 Å². The van der Waals surface area contributed by atoms with Gasteiger partial charge in [0, 0.05) is 42.2 Å². The van der Waals surface area contributed by atoms with Gasteiger partial charge in [0.1, 0.15) is 18.0 Å². The number of rotatable bonds is 4. The summed E-state index contributed by atoms with van der Waals surface area (Å²) in [5.74, 6) is -1.68. The van der Waals surface area contributed by atoms with Gasteiger partial charge in [0.15, 0.2) is 5.71 Å². The Morgan fingerprint density at radius 1 is 0.944 bits per heavy atom. The Kier molecular flexibility index (Phi) is 5.36. The molecule has 0 spiro atoms. The summed E-state index contributed by atoms with van der Waals surface area (Å²) in [5, 5.41) is 11.2. The van der Waals surface area contributed by atoms with Crippen molar-refractivity contribution in [3.8, 4) is 0 Å². The number of nitrogens with zero attached hydrogens (tertiary/aromatic N) is 4. The SMILES string of the molecule is CCN1C(=CC2=C(O)C(=CC3=[N+](CC)c4cccnc4C3(C)C)C(=O)C2=O)C(C)(C)c2ncccc21. The molecule has 0 aromatic carbocycles. The Morgan fingerprint density at radius 2 is 1.61 bits per heavy atom. The van der Waals surface area contributed by atoms with Gasteiger partial charge in [-0.15, -0.1) is 0 Å². The van der Waals surface area contributed by atoms with Crippen LogP contribution in [0.15, 0.2) is 71.4 Å². The normalized spacial score (nSPS) is 22.3. The van der Waals surface area contributed by atoms with Crippen molar-refractivity contribution < 1.29 is 19.3 Å². The third kappa shape index (κ3) is 3.15. The number of aliphatic hydroxyl groups excluding tert-OH is 1. The topological polar surface area (TPSA) is 86.4 Å². The van der Waals surface area contributed by atoms with Crippen molar-refractivity contribution in [3.05, 3.63) is 82.8 Å². The Balaban J connectivity index is 1.65. The molecule has 2 aromatic heterocycles. The average Bonchev–Trinajstić information content (AvgIpc) is 3.31. The molecule has 4 heterocycles. The molecule has 0 radical (unpaired) electrons. The molecule has 2 aliphatic heterocycles. The van der Waals surface area contributed by atoms with Gasteiger partial charge in [0.2, 0.25) is 17.3 Å². The molecule has 0 fully saturated rings. The number of aliphatic hydroxyl groups is 1. The minimum atomic E-state index is -0.697. The zero-order valence-corrected chi connectivity index (χ0v) is 21.6. The van der Waals surface area contributed by atoms with E-state index in [1.165, 1.54) is 0 Å². The summed E-state index contributed by atoms with van der Waals surface area (Å²) in [5.41, 5.74) is 4.44. The number of likely N-dealkylation sites (N-methyl/N-ethyl adjacent to an activating group) is 1. The van der Waals surface area contributed by atoms with Crippen LogP contribution in [0.25, 0.3) is 0 Å². The second-order valence-corrected chi connectivity index (χ2v) is 10.4. The zero-order valence-electron chi connectivity index (χ0n) is 21.6. The third-order valence-corrected chi connectivity index (χ3v) is 7.60. The predicted octanol–water partition coefficient (Wildman–Crippen LogP) is 4.46. The number of aromatic nitrogens is 2. The number of hydrogen-bond donors (Lipinski definition) is 1. The van der Waals surface area contributed by atoms with E-state index in [4.69, 9.17) is 0 Å². The molecule has 7 heteroatoms. The molecule has 1 aliphatic carbocycles. The summed E-state index contributed by atoms with van der Waals surface area (Å²) in [6.45, 7) is 13.5. The molecule has 3 aliphatic rings. The van der Waals surface area contributed by atoms with E-state index in [0.717, 1.165) is 34.2 Å². The number of anilines is 1. The fourth-order valence-electron chi connectivity index (χ4n) is 5.71. The largest absolute Gasteiger partial charge is 0.506 e. The summed E-state index contributed by atoms with van der Waals surface area (Å²) in [6, 6.07) is 7.77. The number of hydrogen-bond acceptors (Lipinski definition) is 6. The first-order valence-electron chi connectivity index (χ1n) is 12.4. The molecule has 36 heavy (non-hydrogen) atoms. The van der Waals surface area contributed by atoms with Gasteiger partial charge in [0.25, 0.3) is 0 Å². The number of pyridine rings is 2. The van der Waals surface area contributed by atoms with Crippen molar-refractivity contribution in [1.29, 1.82) is 0 Å². The monoisotopic (exact) mass is 483 g/mol. The van der Waals surface area contributed by atoms with Gasteiger partial charge >= 0.3 is 0 Å². The quantitative estimate of drug-likeness (QED) is 0.392. The third-order valence-electron chi connectivity index (χ3n) is 7.60. The average molecular weight is 484 g/mol. The van der Waals surface area contributed by atoms with Crippen molar-refractivity contribution in [1.82, 2.24) is 9.97 Å². The summed E-state index contributed by atoms with van der Waals surface area (Å²) in [7, 11) is 0. The Labute approximate surface area is 211 Å². The lowest BCUT2D eigenvalue weighted by molar-refractivity contribution is -0.433. The molecule has 0 unspecified atom stereocenters. The minimum Gasteiger partial charge on any atom is -0.506 e. The fraction of sp³-hybridized carbons (Fsp3) is 0.345. The molecule has 2 aromatic rings. The maximum absolute atomic E-state index is 13.2. The maximum atomic E-state index is 13.2. The minimum absolute atomic E-state index is 0.0238. The van der Waals surface area contributed by atoms with Crippen molar-refractivity contribution in [2.24, 2.45) is 0 Å². The highest BCUT2D eigenvalue weighted by atomic mass is 16.3. The predicted molar refractivity (Wildman–Crippen MR) is 139 cm³/mol. The molecule has 5 rings (SSSR count). The molecule has 1 N–H and O–H groups in total. The van der Waals surface area contributed by atoms with Crippen LogP contribution in [0.2, 0.25) is 0 Å². The van der Waals surface area contributed by atoms with Crippen LogP contribution in [0, 0.1) is 0 Å². The van der Waals surface area contributed by atoms with Crippen molar-refractivity contribution in [2.45, 2.75) is 52.4 Å². The first-order valence-corrected chi connectivity index (χ1v) is 12.4. The number of ketones is 2. The Bertz CT molecular complexity index is 1460. The van der Waals surface area contributed by atoms with Crippen LogP contribution in [0.3, 0.4) is 0 Å². The molecular weight excluding hydrogens is 452 g/mol. The summed E-state index contributed by atoms with van der Waals surface area (Å²) < 4.78 is 2.08. The van der Waals surface area contributed by atoms with Crippen LogP contribution in [-0.4, -0.2) is 50.0 Å². The van der Waals surface area contributed by atoms with Crippen LogP contribution >= 0.6 is 0 Å². The van der Waals surface area contributed by atoms with Crippen LogP contribution in [0.4, 0.5) is 11.4 Å². The van der Waals surface area contributed by atoms with Gasteiger partial charge in [-0.2, -0.15) is 4.58 Å². The fourth-order valence-corrected chi connectivity index (χ4v) is 5.71. The van der Waals surface area contributed by atoms with Crippen LogP contribution < -0.4 is 4.90 Å². The van der Waals surface area contributed by atoms with E-state index in [1.54, 1.807) is 24.5 Å². The first kappa shape index (κ1) is 23.9. The summed E-state index contributed by atoms with van der Waals surface area (Å²) in [4.78, 5) is 37.6. The van der Waals surface area contributed by atoms with Gasteiger partial charge in [-0.3, -0.25) is 19.6 Å². The Hall–Kier alpha value is -3.87. The van der Waals surface area contributed by atoms with Gasteiger partial charge in [-0.05, 0) is 65.8 Å². The lowest BCUT2D eigenvalue weighted by atomic mass is 9.84. The van der Waals surface area contributed by atoms with Gasteiger partial charge < -0.3 is 10.0 Å². The van der Waals surface area contributed by atoms with Crippen LogP contribution in [-0.2, 0) is 20.4 Å². The number of Topliss-reactive ketones (excluding diaryl/α,β-unsaturated/α-hetero) is 2. The molecule has 184 valence electrons. The Morgan fingerprint density at radius 3 is 2.28 bits per heavy atom. The maximum Gasteiger partial charge on any atom is 0.237 e. The highest BCUT2D eigenvalue weighted by Gasteiger charge is 2.48. The van der Waals surface area contributed by atoms with E-state index in [1.807, 2.05) is 65.8 Å². The van der Waals surface area contributed by atoms with Crippen molar-refractivity contribution in [2.75, 3.05) is 18.0 Å². The van der Waals surface area contributed by atoms with Crippen molar-refractivity contribution in [3.63, 3.8) is 0 Å². The second kappa shape index (κ2) is 8.08. The number of allylic oxidation sites excluding steroid dienone is 5. The lowest BCUT2D eigenvalue weighted by Gasteiger charge is -2.25. The number of carbonyl (C=O) groups excluding carboxylic acids is 2. The standard InChI is InChI=1S/C29H30N4O3/c1-7-32-19-11-9-13-30-26(19)28(3,4)21(32)15-17-23(34)18(25(36)24(17)35)16-22-29(5,6)27-20(33(22)8-2)12-10-14-31-27/h9-16H,7-8H2,1-6H3/p+1. The summed E-state index contributed by atoms with van der Waals surface area (Å²) >= 11 is 0. The molecule has 0 amide bonds. The van der Waals surface area contributed by atoms with E-state index in [-0.39, 0.29) is 16.9 Å². The van der Waals surface area contributed by atoms with E-state index in [2.05, 4.69) is 19.4 Å². The van der Waals surface area contributed by atoms with Crippen LogP contribution in [0.1, 0.15) is 52.9 Å². The van der Waals surface area contributed by atoms with Gasteiger partial charge in [0.05, 0.1) is 27.9 Å². The lowest BCUT2D eigenvalue weighted by Crippen LogP contribution is -2.29. The highest BCUT2D eigenvalue weighted by molar-refractivity contribution is 6.54. The first-order chi connectivity index (χ1) is 17.1. The zero-order chi connectivity index (χ0) is 26.0. The molecule has 0 saturated heterocycles. The molecule has 0 atom stereocenters. The highest BCUT2D eigenvalue weighted by Crippen LogP contribution is 2.47. The number of fused-ring (bicyclic) bond motifs is 2. The smallest absolute Gasteiger partial charge is 0.237 e. The van der Waals surface area contributed by atoms with E-state index < -0.39 is 22.4 Å². The van der Waals surface area contributed by atoms with Crippen molar-refractivity contribution >= 4 is 28.7 Å². The molecule has 0 bridgehead atoms. The van der Waals surface area contributed by atoms with Crippen LogP contribution in [0.5, 0.6) is 0 Å². The molecular formula is C29H31N4O3+. The number of carbonyl (C=O) groups is 2. The molecule has 0 saturated carbocycles. The van der Waals surface area contributed by atoms with E-state index in [0.29, 0.717) is 13.1 Å². The summed E-state index contributed by atoms with van der Waals surface area (Å²) in [6.07, 6.45) is 6.85. The molecule has 7 nitrogen and oxygen atoms in total. The second-order valence-electron chi connectivity index (χ2n) is 10.4. The van der Waals surface area contributed by atoms with Gasteiger partial charge in [-0.1, -0.05) is 0 Å². The van der Waals surface area contributed by atoms with Gasteiger partial charge in [-0.25, -0.2) is 0 Å². The van der Waals surface area contributed by atoms with E-state index in [9.17, 15) is 14.7 Å².